The number of hydrogen-bond acceptors (Lipinski definition) is 8. The molecule has 0 bridgehead atoms. The third kappa shape index (κ3) is 3.78. The summed E-state index contributed by atoms with van der Waals surface area (Å²) in [5.41, 5.74) is 2.24. The number of rotatable bonds is 4. The first-order chi connectivity index (χ1) is 16.6. The van der Waals surface area contributed by atoms with Gasteiger partial charge in [-0.2, -0.15) is 10.2 Å². The molecule has 2 atom stereocenters. The van der Waals surface area contributed by atoms with Gasteiger partial charge in [-0.1, -0.05) is 0 Å². The molecule has 1 unspecified atom stereocenters. The summed E-state index contributed by atoms with van der Waals surface area (Å²) >= 11 is 0. The summed E-state index contributed by atoms with van der Waals surface area (Å²) in [5.74, 6) is 0.833. The Balaban J connectivity index is 1.50. The minimum atomic E-state index is -1.03. The van der Waals surface area contributed by atoms with Crippen LogP contribution in [-0.4, -0.2) is 75.1 Å². The van der Waals surface area contributed by atoms with Crippen molar-refractivity contribution in [3.63, 3.8) is 0 Å². The maximum absolute atomic E-state index is 11.7. The fraction of sp³-hybridized carbons (Fsp3) is 0.625. The smallest absolute Gasteiger partial charge is 0.167 e. The Morgan fingerprint density at radius 2 is 1.97 bits per heavy atom. The minimum absolute atomic E-state index is 0.0877. The van der Waals surface area contributed by atoms with E-state index in [4.69, 9.17) is 24.3 Å². The molecule has 0 amide bonds. The van der Waals surface area contributed by atoms with E-state index in [0.29, 0.717) is 44.9 Å². The number of anilines is 1. The zero-order valence-corrected chi connectivity index (χ0v) is 19.6. The van der Waals surface area contributed by atoms with Crippen LogP contribution in [-0.2, 0) is 19.8 Å². The first-order valence-corrected chi connectivity index (χ1v) is 12.3. The van der Waals surface area contributed by atoms with E-state index >= 15 is 0 Å². The molecule has 3 aliphatic heterocycles. The average Bonchev–Trinajstić information content (AvgIpc) is 3.52. The fourth-order valence-corrected chi connectivity index (χ4v) is 5.32. The number of fused-ring (bicyclic) bond motifs is 1. The molecule has 0 aliphatic carbocycles. The van der Waals surface area contributed by atoms with Gasteiger partial charge >= 0.3 is 0 Å². The zero-order chi connectivity index (χ0) is 23.1. The molecule has 3 fully saturated rings. The first kappa shape index (κ1) is 22.0. The van der Waals surface area contributed by atoms with E-state index in [1.807, 2.05) is 23.0 Å². The standard InChI is InChI=1S/C24H32N6O4/c1-17-16-33-13-9-28(17)21-14-20(24(31)6-11-32-12-7-24)30-23(27-21)18(15-26-30)19-5-8-25-29(19)22-4-2-3-10-34-22/h5,8,14-15,17,22,31H,2-4,6-7,9-13,16H2,1H3/t17-,22?/m1/s1. The number of ether oxygens (including phenoxy) is 3. The van der Waals surface area contributed by atoms with Crippen LogP contribution in [0, 0.1) is 0 Å². The summed E-state index contributed by atoms with van der Waals surface area (Å²) in [6.45, 7) is 5.98. The Labute approximate surface area is 198 Å². The Bertz CT molecular complexity index is 1150. The highest BCUT2D eigenvalue weighted by molar-refractivity contribution is 5.76. The first-order valence-electron chi connectivity index (χ1n) is 12.3. The van der Waals surface area contributed by atoms with E-state index in [0.717, 1.165) is 55.2 Å². The summed E-state index contributed by atoms with van der Waals surface area (Å²) in [6, 6.07) is 4.18. The van der Waals surface area contributed by atoms with Crippen LogP contribution in [0.15, 0.2) is 24.5 Å². The minimum Gasteiger partial charge on any atom is -0.383 e. The van der Waals surface area contributed by atoms with Gasteiger partial charge in [0.2, 0.25) is 0 Å². The third-order valence-electron chi connectivity index (χ3n) is 7.29. The third-order valence-corrected chi connectivity index (χ3v) is 7.29. The summed E-state index contributed by atoms with van der Waals surface area (Å²) in [6.07, 6.45) is 7.72. The van der Waals surface area contributed by atoms with Crippen LogP contribution in [0.4, 0.5) is 5.82 Å². The molecule has 1 N–H and O–H groups in total. The summed E-state index contributed by atoms with van der Waals surface area (Å²) in [7, 11) is 0. The lowest BCUT2D eigenvalue weighted by Crippen LogP contribution is -2.44. The van der Waals surface area contributed by atoms with Crippen molar-refractivity contribution in [3.05, 3.63) is 30.2 Å². The molecule has 3 saturated heterocycles. The number of aliphatic hydroxyl groups is 1. The Morgan fingerprint density at radius 1 is 1.09 bits per heavy atom. The molecule has 10 heteroatoms. The van der Waals surface area contributed by atoms with E-state index < -0.39 is 5.60 Å². The van der Waals surface area contributed by atoms with Gasteiger partial charge in [0.05, 0.1) is 42.4 Å². The largest absolute Gasteiger partial charge is 0.383 e. The predicted molar refractivity (Wildman–Crippen MR) is 125 cm³/mol. The van der Waals surface area contributed by atoms with Crippen molar-refractivity contribution in [1.29, 1.82) is 0 Å². The van der Waals surface area contributed by atoms with E-state index in [1.54, 1.807) is 10.7 Å². The van der Waals surface area contributed by atoms with Crippen molar-refractivity contribution in [1.82, 2.24) is 24.4 Å². The topological polar surface area (TPSA) is 99.2 Å². The van der Waals surface area contributed by atoms with Gasteiger partial charge < -0.3 is 24.2 Å². The Morgan fingerprint density at radius 3 is 2.76 bits per heavy atom. The highest BCUT2D eigenvalue weighted by Gasteiger charge is 2.37. The summed E-state index contributed by atoms with van der Waals surface area (Å²) < 4.78 is 21.0. The Hall–Kier alpha value is -2.53. The van der Waals surface area contributed by atoms with Crippen molar-refractivity contribution in [2.24, 2.45) is 0 Å². The predicted octanol–water partition coefficient (Wildman–Crippen LogP) is 2.52. The molecule has 0 spiro atoms. The molecule has 6 heterocycles. The normalized spacial score (nSPS) is 25.6. The maximum Gasteiger partial charge on any atom is 0.167 e. The van der Waals surface area contributed by atoms with Crippen LogP contribution in [0.1, 0.15) is 50.9 Å². The average molecular weight is 469 g/mol. The molecule has 10 nitrogen and oxygen atoms in total. The molecule has 3 aliphatic rings. The second-order valence-electron chi connectivity index (χ2n) is 9.54. The molecular weight excluding hydrogens is 436 g/mol. The van der Waals surface area contributed by atoms with Crippen molar-refractivity contribution >= 4 is 11.5 Å². The SMILES string of the molecule is C[C@@H]1COCCN1c1cc(C2(O)CCOCC2)n2ncc(-c3ccnn3C3CCCCO3)c2n1. The van der Waals surface area contributed by atoms with Crippen molar-refractivity contribution < 1.29 is 19.3 Å². The van der Waals surface area contributed by atoms with Gasteiger partial charge in [0.25, 0.3) is 0 Å². The van der Waals surface area contributed by atoms with Gasteiger partial charge in [0.15, 0.2) is 11.9 Å². The quantitative estimate of drug-likeness (QED) is 0.624. The number of morpholine rings is 1. The highest BCUT2D eigenvalue weighted by atomic mass is 16.5. The molecule has 0 aromatic carbocycles. The van der Waals surface area contributed by atoms with E-state index in [1.165, 1.54) is 0 Å². The second-order valence-corrected chi connectivity index (χ2v) is 9.54. The molecule has 182 valence electrons. The Kier molecular flexibility index (Phi) is 5.76. The molecule has 0 saturated carbocycles. The highest BCUT2D eigenvalue weighted by Crippen LogP contribution is 2.37. The van der Waals surface area contributed by atoms with Crippen molar-refractivity contribution in [2.45, 2.75) is 56.9 Å². The number of hydrogen-bond donors (Lipinski definition) is 1. The van der Waals surface area contributed by atoms with E-state index in [-0.39, 0.29) is 12.3 Å². The molecule has 3 aromatic heterocycles. The number of aromatic nitrogens is 5. The fourth-order valence-electron chi connectivity index (χ4n) is 5.32. The van der Waals surface area contributed by atoms with Crippen LogP contribution in [0.3, 0.4) is 0 Å². The lowest BCUT2D eigenvalue weighted by Gasteiger charge is -2.36. The van der Waals surface area contributed by atoms with Gasteiger partial charge in [0.1, 0.15) is 11.4 Å². The molecule has 6 rings (SSSR count). The maximum atomic E-state index is 11.7. The van der Waals surface area contributed by atoms with Crippen LogP contribution in [0.5, 0.6) is 0 Å². The molecule has 34 heavy (non-hydrogen) atoms. The summed E-state index contributed by atoms with van der Waals surface area (Å²) in [4.78, 5) is 7.34. The second kappa shape index (κ2) is 8.92. The van der Waals surface area contributed by atoms with E-state index in [9.17, 15) is 5.11 Å². The zero-order valence-electron chi connectivity index (χ0n) is 19.6. The van der Waals surface area contributed by atoms with Crippen LogP contribution in [0.2, 0.25) is 0 Å². The monoisotopic (exact) mass is 468 g/mol. The van der Waals surface area contributed by atoms with Gasteiger partial charge in [-0.25, -0.2) is 14.2 Å². The molecule has 0 radical (unpaired) electrons. The number of nitrogens with zero attached hydrogens (tertiary/aromatic N) is 6. The molecular formula is C24H32N6O4. The summed E-state index contributed by atoms with van der Waals surface area (Å²) in [5, 5.41) is 21.0. The van der Waals surface area contributed by atoms with Gasteiger partial charge in [-0.3, -0.25) is 0 Å². The lowest BCUT2D eigenvalue weighted by molar-refractivity contribution is -0.0717. The lowest BCUT2D eigenvalue weighted by atomic mass is 9.90. The van der Waals surface area contributed by atoms with Crippen LogP contribution >= 0.6 is 0 Å². The van der Waals surface area contributed by atoms with E-state index in [2.05, 4.69) is 16.9 Å². The van der Waals surface area contributed by atoms with Gasteiger partial charge in [-0.05, 0) is 32.3 Å². The molecule has 3 aromatic rings. The van der Waals surface area contributed by atoms with Gasteiger partial charge in [0, 0.05) is 51.5 Å². The van der Waals surface area contributed by atoms with Crippen LogP contribution < -0.4 is 4.90 Å². The van der Waals surface area contributed by atoms with Crippen molar-refractivity contribution in [3.8, 4) is 11.3 Å². The van der Waals surface area contributed by atoms with Gasteiger partial charge in [-0.15, -0.1) is 0 Å². The van der Waals surface area contributed by atoms with Crippen molar-refractivity contribution in [2.75, 3.05) is 44.5 Å². The van der Waals surface area contributed by atoms with Crippen LogP contribution in [0.25, 0.3) is 16.9 Å².